The van der Waals surface area contributed by atoms with Crippen LogP contribution in [0.4, 0.5) is 0 Å². The summed E-state index contributed by atoms with van der Waals surface area (Å²) in [6.07, 6.45) is 9.51. The highest BCUT2D eigenvalue weighted by molar-refractivity contribution is 4.87. The molecule has 1 aliphatic rings. The third-order valence-corrected chi connectivity index (χ3v) is 4.13. The van der Waals surface area contributed by atoms with Gasteiger partial charge < -0.3 is 4.74 Å². The number of nitrogens with zero attached hydrogens (tertiary/aromatic N) is 1. The predicted molar refractivity (Wildman–Crippen MR) is 74.5 cm³/mol. The lowest BCUT2D eigenvalue weighted by Gasteiger charge is -2.43. The summed E-state index contributed by atoms with van der Waals surface area (Å²) in [7, 11) is 0. The van der Waals surface area contributed by atoms with E-state index >= 15 is 0 Å². The molecule has 0 aromatic carbocycles. The van der Waals surface area contributed by atoms with E-state index in [0.29, 0.717) is 5.54 Å². The second kappa shape index (κ2) is 8.10. The van der Waals surface area contributed by atoms with Crippen molar-refractivity contribution in [2.75, 3.05) is 26.3 Å². The van der Waals surface area contributed by atoms with Crippen LogP contribution >= 0.6 is 0 Å². The van der Waals surface area contributed by atoms with Gasteiger partial charge >= 0.3 is 0 Å². The van der Waals surface area contributed by atoms with E-state index in [9.17, 15) is 0 Å². The molecule has 1 rings (SSSR count). The Morgan fingerprint density at radius 3 is 2.24 bits per heavy atom. The molecule has 1 aliphatic heterocycles. The van der Waals surface area contributed by atoms with Crippen LogP contribution in [-0.2, 0) is 4.74 Å². The van der Waals surface area contributed by atoms with Gasteiger partial charge in [-0.15, -0.1) is 0 Å². The zero-order valence-corrected chi connectivity index (χ0v) is 12.1. The molecule has 0 spiro atoms. The molecule has 2 nitrogen and oxygen atoms in total. The molecule has 0 N–H and O–H groups in total. The lowest BCUT2D eigenvalue weighted by atomic mass is 9.87. The topological polar surface area (TPSA) is 12.5 Å². The molecule has 0 aromatic heterocycles. The minimum absolute atomic E-state index is 0.423. The summed E-state index contributed by atoms with van der Waals surface area (Å²) in [6, 6.07) is 0. The van der Waals surface area contributed by atoms with Crippen molar-refractivity contribution >= 4 is 0 Å². The fraction of sp³-hybridized carbons (Fsp3) is 1.00. The van der Waals surface area contributed by atoms with Crippen molar-refractivity contribution in [1.29, 1.82) is 0 Å². The normalized spacial score (nSPS) is 21.4. The number of rotatable bonds is 8. The highest BCUT2D eigenvalue weighted by Crippen LogP contribution is 2.28. The van der Waals surface area contributed by atoms with E-state index in [-0.39, 0.29) is 0 Å². The molecule has 0 aliphatic carbocycles. The van der Waals surface area contributed by atoms with E-state index in [1.165, 1.54) is 44.9 Å². The summed E-state index contributed by atoms with van der Waals surface area (Å²) in [5.74, 6) is 0. The quantitative estimate of drug-likeness (QED) is 0.599. The SMILES string of the molecule is CCCCCCC(C)(CCC)N1CCOCC1. The van der Waals surface area contributed by atoms with Gasteiger partial charge in [-0.3, -0.25) is 4.90 Å². The third-order valence-electron chi connectivity index (χ3n) is 4.13. The summed E-state index contributed by atoms with van der Waals surface area (Å²) in [4.78, 5) is 2.67. The average Bonchev–Trinajstić information content (AvgIpc) is 2.36. The third kappa shape index (κ3) is 4.97. The van der Waals surface area contributed by atoms with Crippen LogP contribution in [0.15, 0.2) is 0 Å². The molecule has 1 saturated heterocycles. The van der Waals surface area contributed by atoms with Crippen molar-refractivity contribution in [3.63, 3.8) is 0 Å². The standard InChI is InChI=1S/C15H31NO/c1-4-6-7-8-10-15(3,9-5-2)16-11-13-17-14-12-16/h4-14H2,1-3H3. The van der Waals surface area contributed by atoms with Crippen molar-refractivity contribution in [2.24, 2.45) is 0 Å². The summed E-state index contributed by atoms with van der Waals surface area (Å²) in [6.45, 7) is 11.2. The van der Waals surface area contributed by atoms with Gasteiger partial charge in [-0.1, -0.05) is 46.0 Å². The van der Waals surface area contributed by atoms with E-state index in [2.05, 4.69) is 25.7 Å². The summed E-state index contributed by atoms with van der Waals surface area (Å²) in [5.41, 5.74) is 0.423. The van der Waals surface area contributed by atoms with Gasteiger partial charge in [0, 0.05) is 18.6 Å². The first-order chi connectivity index (χ1) is 8.23. The van der Waals surface area contributed by atoms with Gasteiger partial charge in [0.25, 0.3) is 0 Å². The molecule has 0 radical (unpaired) electrons. The lowest BCUT2D eigenvalue weighted by molar-refractivity contribution is -0.0237. The van der Waals surface area contributed by atoms with Crippen molar-refractivity contribution in [2.45, 2.75) is 71.3 Å². The van der Waals surface area contributed by atoms with Crippen LogP contribution in [0.5, 0.6) is 0 Å². The molecule has 0 bridgehead atoms. The largest absolute Gasteiger partial charge is 0.379 e. The van der Waals surface area contributed by atoms with Gasteiger partial charge in [0.2, 0.25) is 0 Å². The first-order valence-corrected chi connectivity index (χ1v) is 7.55. The van der Waals surface area contributed by atoms with E-state index in [1.54, 1.807) is 0 Å². The van der Waals surface area contributed by atoms with Gasteiger partial charge in [0.05, 0.1) is 13.2 Å². The molecular formula is C15H31NO. The van der Waals surface area contributed by atoms with Crippen LogP contribution in [0, 0.1) is 0 Å². The molecule has 17 heavy (non-hydrogen) atoms. The first-order valence-electron chi connectivity index (χ1n) is 7.55. The Morgan fingerprint density at radius 2 is 1.65 bits per heavy atom. The molecule has 0 saturated carbocycles. The van der Waals surface area contributed by atoms with Gasteiger partial charge in [-0.2, -0.15) is 0 Å². The summed E-state index contributed by atoms with van der Waals surface area (Å²) < 4.78 is 5.47. The zero-order valence-electron chi connectivity index (χ0n) is 12.1. The second-order valence-electron chi connectivity index (χ2n) is 5.66. The Bertz CT molecular complexity index is 189. The first kappa shape index (κ1) is 15.0. The van der Waals surface area contributed by atoms with Crippen molar-refractivity contribution in [1.82, 2.24) is 4.90 Å². The van der Waals surface area contributed by atoms with Crippen LogP contribution in [0.1, 0.15) is 65.7 Å². The molecule has 102 valence electrons. The minimum Gasteiger partial charge on any atom is -0.379 e. The Hall–Kier alpha value is -0.0800. The van der Waals surface area contributed by atoms with E-state index < -0.39 is 0 Å². The van der Waals surface area contributed by atoms with Gasteiger partial charge in [0.1, 0.15) is 0 Å². The molecule has 0 aromatic rings. The predicted octanol–water partition coefficient (Wildman–Crippen LogP) is 3.85. The summed E-state index contributed by atoms with van der Waals surface area (Å²) in [5, 5.41) is 0. The van der Waals surface area contributed by atoms with Crippen LogP contribution in [0.25, 0.3) is 0 Å². The van der Waals surface area contributed by atoms with E-state index in [1.807, 2.05) is 0 Å². The van der Waals surface area contributed by atoms with Crippen molar-refractivity contribution in [3.05, 3.63) is 0 Å². The lowest BCUT2D eigenvalue weighted by Crippen LogP contribution is -2.51. The van der Waals surface area contributed by atoms with E-state index in [0.717, 1.165) is 26.3 Å². The second-order valence-corrected chi connectivity index (χ2v) is 5.66. The maximum Gasteiger partial charge on any atom is 0.0594 e. The Morgan fingerprint density at radius 1 is 0.941 bits per heavy atom. The fourth-order valence-corrected chi connectivity index (χ4v) is 3.02. The minimum atomic E-state index is 0.423. The van der Waals surface area contributed by atoms with Gasteiger partial charge in [-0.05, 0) is 19.8 Å². The fourth-order valence-electron chi connectivity index (χ4n) is 3.02. The molecule has 1 atom stereocenters. The highest BCUT2D eigenvalue weighted by atomic mass is 16.5. The van der Waals surface area contributed by atoms with Gasteiger partial charge in [-0.25, -0.2) is 0 Å². The summed E-state index contributed by atoms with van der Waals surface area (Å²) >= 11 is 0. The molecule has 1 unspecified atom stereocenters. The molecular weight excluding hydrogens is 210 g/mol. The van der Waals surface area contributed by atoms with Crippen LogP contribution in [0.2, 0.25) is 0 Å². The monoisotopic (exact) mass is 241 g/mol. The van der Waals surface area contributed by atoms with Crippen LogP contribution in [0.3, 0.4) is 0 Å². The molecule has 1 fully saturated rings. The zero-order chi connectivity index (χ0) is 12.6. The van der Waals surface area contributed by atoms with Crippen LogP contribution < -0.4 is 0 Å². The number of ether oxygens (including phenoxy) is 1. The van der Waals surface area contributed by atoms with E-state index in [4.69, 9.17) is 4.74 Å². The number of hydrogen-bond donors (Lipinski definition) is 0. The Balaban J connectivity index is 2.41. The number of morpholine rings is 1. The van der Waals surface area contributed by atoms with Crippen molar-refractivity contribution < 1.29 is 4.74 Å². The molecule has 0 amide bonds. The Labute approximate surface area is 108 Å². The maximum absolute atomic E-state index is 5.47. The number of hydrogen-bond acceptors (Lipinski definition) is 2. The highest BCUT2D eigenvalue weighted by Gasteiger charge is 2.31. The molecule has 2 heteroatoms. The maximum atomic E-state index is 5.47. The van der Waals surface area contributed by atoms with Gasteiger partial charge in [0.15, 0.2) is 0 Å². The Kier molecular flexibility index (Phi) is 7.14. The average molecular weight is 241 g/mol. The number of unbranched alkanes of at least 4 members (excludes halogenated alkanes) is 3. The van der Waals surface area contributed by atoms with Crippen LogP contribution in [-0.4, -0.2) is 36.7 Å². The van der Waals surface area contributed by atoms with Crippen molar-refractivity contribution in [3.8, 4) is 0 Å². The smallest absolute Gasteiger partial charge is 0.0594 e. The molecule has 1 heterocycles.